The van der Waals surface area contributed by atoms with Crippen molar-refractivity contribution in [2.24, 2.45) is 5.73 Å². The minimum atomic E-state index is -0.649. The number of hydrogen-bond acceptors (Lipinski definition) is 3. The van der Waals surface area contributed by atoms with E-state index in [9.17, 15) is 14.0 Å². The van der Waals surface area contributed by atoms with Gasteiger partial charge in [0, 0.05) is 16.3 Å². The second-order valence-electron chi connectivity index (χ2n) is 5.19. The molecule has 126 valence electrons. The Labute approximate surface area is 147 Å². The summed E-state index contributed by atoms with van der Waals surface area (Å²) in [7, 11) is 0. The second kappa shape index (κ2) is 7.14. The Kier molecular flexibility index (Phi) is 4.76. The maximum atomic E-state index is 13.0. The van der Waals surface area contributed by atoms with Crippen LogP contribution in [-0.4, -0.2) is 11.9 Å². The van der Waals surface area contributed by atoms with Gasteiger partial charge in [0.05, 0.1) is 4.88 Å². The molecule has 0 saturated carbocycles. The number of hydrogen-bond donors (Lipinski definition) is 3. The van der Waals surface area contributed by atoms with Gasteiger partial charge < -0.3 is 16.4 Å². The molecule has 1 heterocycles. The lowest BCUT2D eigenvalue weighted by Crippen LogP contribution is -2.19. The molecule has 0 spiro atoms. The van der Waals surface area contributed by atoms with Gasteiger partial charge in [-0.05, 0) is 54.1 Å². The summed E-state index contributed by atoms with van der Waals surface area (Å²) in [5.41, 5.74) is 7.03. The number of amides is 3. The predicted molar refractivity (Wildman–Crippen MR) is 97.3 cm³/mol. The number of rotatable bonds is 4. The summed E-state index contributed by atoms with van der Waals surface area (Å²) in [6.45, 7) is 0. The first-order valence-corrected chi connectivity index (χ1v) is 8.16. The van der Waals surface area contributed by atoms with Crippen LogP contribution in [0.4, 0.5) is 20.6 Å². The molecule has 2 aromatic carbocycles. The van der Waals surface area contributed by atoms with Gasteiger partial charge in [0.25, 0.3) is 5.91 Å². The number of primary amides is 1. The molecular formula is C18H14FN3O2S. The number of nitrogens with one attached hydrogen (secondary N) is 2. The molecule has 0 atom stereocenters. The van der Waals surface area contributed by atoms with Crippen molar-refractivity contribution in [2.75, 3.05) is 10.6 Å². The van der Waals surface area contributed by atoms with Crippen molar-refractivity contribution in [3.05, 3.63) is 71.4 Å². The molecule has 3 amide bonds. The highest BCUT2D eigenvalue weighted by molar-refractivity contribution is 7.17. The minimum Gasteiger partial charge on any atom is -0.351 e. The Morgan fingerprint density at radius 1 is 0.840 bits per heavy atom. The van der Waals surface area contributed by atoms with E-state index in [1.807, 2.05) is 6.07 Å². The standard InChI is InChI=1S/C18H14FN3O2S/c19-12-3-1-11(2-4-12)15-9-10-16(25-15)17(23)21-13-5-7-14(8-6-13)22-18(20)24/h1-10H,(H,21,23)(H3,20,22,24). The van der Waals surface area contributed by atoms with E-state index in [0.717, 1.165) is 10.4 Å². The first-order chi connectivity index (χ1) is 12.0. The fourth-order valence-electron chi connectivity index (χ4n) is 2.20. The van der Waals surface area contributed by atoms with Gasteiger partial charge in [-0.25, -0.2) is 9.18 Å². The van der Waals surface area contributed by atoms with Gasteiger partial charge in [0.1, 0.15) is 5.82 Å². The maximum Gasteiger partial charge on any atom is 0.316 e. The lowest BCUT2D eigenvalue weighted by Gasteiger charge is -2.05. The fraction of sp³-hybridized carbons (Fsp3) is 0. The number of anilines is 2. The minimum absolute atomic E-state index is 0.242. The Balaban J connectivity index is 1.69. The van der Waals surface area contributed by atoms with Gasteiger partial charge in [0.15, 0.2) is 0 Å². The molecule has 3 rings (SSSR count). The number of halogens is 1. The van der Waals surface area contributed by atoms with Crippen molar-refractivity contribution >= 4 is 34.6 Å². The first-order valence-electron chi connectivity index (χ1n) is 7.35. The molecule has 1 aromatic heterocycles. The van der Waals surface area contributed by atoms with Crippen molar-refractivity contribution in [3.8, 4) is 10.4 Å². The summed E-state index contributed by atoms with van der Waals surface area (Å²) < 4.78 is 13.0. The second-order valence-corrected chi connectivity index (χ2v) is 6.28. The van der Waals surface area contributed by atoms with Gasteiger partial charge in [-0.2, -0.15) is 0 Å². The molecule has 5 nitrogen and oxygen atoms in total. The van der Waals surface area contributed by atoms with Gasteiger partial charge in [0.2, 0.25) is 0 Å². The van der Waals surface area contributed by atoms with E-state index in [1.165, 1.54) is 23.5 Å². The van der Waals surface area contributed by atoms with Crippen LogP contribution in [0.2, 0.25) is 0 Å². The lowest BCUT2D eigenvalue weighted by molar-refractivity contribution is 0.103. The van der Waals surface area contributed by atoms with Crippen LogP contribution in [0, 0.1) is 5.82 Å². The largest absolute Gasteiger partial charge is 0.351 e. The zero-order chi connectivity index (χ0) is 17.8. The number of urea groups is 1. The van der Waals surface area contributed by atoms with E-state index >= 15 is 0 Å². The van der Waals surface area contributed by atoms with E-state index in [-0.39, 0.29) is 11.7 Å². The van der Waals surface area contributed by atoms with E-state index in [1.54, 1.807) is 42.5 Å². The topological polar surface area (TPSA) is 84.2 Å². The number of thiophene rings is 1. The summed E-state index contributed by atoms with van der Waals surface area (Å²) in [6, 6.07) is 15.6. The van der Waals surface area contributed by atoms with E-state index in [4.69, 9.17) is 5.73 Å². The highest BCUT2D eigenvalue weighted by atomic mass is 32.1. The Hall–Kier alpha value is -3.19. The highest BCUT2D eigenvalue weighted by Gasteiger charge is 2.11. The number of benzene rings is 2. The number of nitrogens with two attached hydrogens (primary N) is 1. The molecule has 0 aliphatic carbocycles. The third-order valence-corrected chi connectivity index (χ3v) is 4.50. The van der Waals surface area contributed by atoms with E-state index in [0.29, 0.717) is 16.3 Å². The lowest BCUT2D eigenvalue weighted by atomic mass is 10.2. The molecular weight excluding hydrogens is 341 g/mol. The average molecular weight is 355 g/mol. The normalized spacial score (nSPS) is 10.3. The summed E-state index contributed by atoms with van der Waals surface area (Å²) in [6.07, 6.45) is 0. The molecule has 7 heteroatoms. The van der Waals surface area contributed by atoms with Crippen LogP contribution in [0.25, 0.3) is 10.4 Å². The number of carbonyl (C=O) groups excluding carboxylic acids is 2. The number of carbonyl (C=O) groups is 2. The van der Waals surface area contributed by atoms with Crippen molar-refractivity contribution in [3.63, 3.8) is 0 Å². The molecule has 0 saturated heterocycles. The molecule has 0 aliphatic heterocycles. The van der Waals surface area contributed by atoms with Gasteiger partial charge in [-0.1, -0.05) is 12.1 Å². The summed E-state index contributed by atoms with van der Waals surface area (Å²) >= 11 is 1.32. The van der Waals surface area contributed by atoms with Crippen LogP contribution in [0.1, 0.15) is 9.67 Å². The zero-order valence-electron chi connectivity index (χ0n) is 13.0. The van der Waals surface area contributed by atoms with Crippen molar-refractivity contribution in [1.82, 2.24) is 0 Å². The summed E-state index contributed by atoms with van der Waals surface area (Å²) in [5, 5.41) is 5.22. The first kappa shape index (κ1) is 16.7. The third kappa shape index (κ3) is 4.21. The Morgan fingerprint density at radius 2 is 1.44 bits per heavy atom. The quantitative estimate of drug-likeness (QED) is 0.652. The fourth-order valence-corrected chi connectivity index (χ4v) is 3.11. The zero-order valence-corrected chi connectivity index (χ0v) is 13.8. The van der Waals surface area contributed by atoms with Crippen molar-refractivity contribution in [2.45, 2.75) is 0 Å². The SMILES string of the molecule is NC(=O)Nc1ccc(NC(=O)c2ccc(-c3ccc(F)cc3)s2)cc1. The molecule has 0 radical (unpaired) electrons. The Morgan fingerprint density at radius 3 is 2.04 bits per heavy atom. The monoisotopic (exact) mass is 355 g/mol. The van der Waals surface area contributed by atoms with Crippen LogP contribution in [0.15, 0.2) is 60.7 Å². The highest BCUT2D eigenvalue weighted by Crippen LogP contribution is 2.28. The van der Waals surface area contributed by atoms with Crippen molar-refractivity contribution in [1.29, 1.82) is 0 Å². The maximum absolute atomic E-state index is 13.0. The van der Waals surface area contributed by atoms with Gasteiger partial charge in [-0.15, -0.1) is 11.3 Å². The molecule has 0 bridgehead atoms. The Bertz CT molecular complexity index is 905. The summed E-state index contributed by atoms with van der Waals surface area (Å²) in [5.74, 6) is -0.540. The molecule has 4 N–H and O–H groups in total. The van der Waals surface area contributed by atoms with Gasteiger partial charge in [-0.3, -0.25) is 4.79 Å². The molecule has 0 fully saturated rings. The predicted octanol–water partition coefficient (Wildman–Crippen LogP) is 4.30. The molecule has 0 unspecified atom stereocenters. The van der Waals surface area contributed by atoms with Crippen LogP contribution < -0.4 is 16.4 Å². The summed E-state index contributed by atoms with van der Waals surface area (Å²) in [4.78, 5) is 24.5. The molecule has 3 aromatic rings. The smallest absolute Gasteiger partial charge is 0.316 e. The van der Waals surface area contributed by atoms with Crippen LogP contribution in [0.3, 0.4) is 0 Å². The molecule has 0 aliphatic rings. The van der Waals surface area contributed by atoms with E-state index in [2.05, 4.69) is 10.6 Å². The van der Waals surface area contributed by atoms with Crippen LogP contribution in [0.5, 0.6) is 0 Å². The third-order valence-electron chi connectivity index (χ3n) is 3.37. The van der Waals surface area contributed by atoms with Gasteiger partial charge >= 0.3 is 6.03 Å². The van der Waals surface area contributed by atoms with Crippen LogP contribution >= 0.6 is 11.3 Å². The van der Waals surface area contributed by atoms with Crippen LogP contribution in [-0.2, 0) is 0 Å². The average Bonchev–Trinajstić information content (AvgIpc) is 3.07. The molecule has 25 heavy (non-hydrogen) atoms. The van der Waals surface area contributed by atoms with Crippen molar-refractivity contribution < 1.29 is 14.0 Å². The van der Waals surface area contributed by atoms with E-state index < -0.39 is 6.03 Å².